The zero-order valence-electron chi connectivity index (χ0n) is 9.33. The second kappa shape index (κ2) is 5.67. The third-order valence-electron chi connectivity index (χ3n) is 2.22. The molecule has 0 spiro atoms. The molecule has 0 aliphatic carbocycles. The van der Waals surface area contributed by atoms with Crippen molar-refractivity contribution in [3.63, 3.8) is 0 Å². The molecule has 7 heteroatoms. The van der Waals surface area contributed by atoms with Crippen LogP contribution in [-0.2, 0) is 0 Å². The summed E-state index contributed by atoms with van der Waals surface area (Å²) < 4.78 is 9.21. The van der Waals surface area contributed by atoms with Crippen molar-refractivity contribution < 1.29 is 4.74 Å². The van der Waals surface area contributed by atoms with E-state index in [1.54, 1.807) is 12.4 Å². The topological polar surface area (TPSA) is 86.0 Å². The summed E-state index contributed by atoms with van der Waals surface area (Å²) in [6.45, 7) is 2.53. The molecule has 0 bridgehead atoms. The van der Waals surface area contributed by atoms with Gasteiger partial charge >= 0.3 is 0 Å². The van der Waals surface area contributed by atoms with Gasteiger partial charge in [0.1, 0.15) is 5.75 Å². The van der Waals surface area contributed by atoms with Gasteiger partial charge in [-0.15, -0.1) is 5.10 Å². The maximum absolute atomic E-state index is 5.54. The molecule has 0 aliphatic rings. The second-order valence-electron chi connectivity index (χ2n) is 3.32. The van der Waals surface area contributed by atoms with Crippen molar-refractivity contribution in [3.05, 3.63) is 35.1 Å². The number of hydrogen-bond acceptors (Lipinski definition) is 7. The molecule has 2 aromatic heterocycles. The molecule has 0 amide bonds. The normalized spacial score (nSPS) is 12.4. The Kier molecular flexibility index (Phi) is 3.97. The smallest absolute Gasteiger partial charge is 0.137 e. The minimum absolute atomic E-state index is 0.221. The molecule has 2 rings (SSSR count). The lowest BCUT2D eigenvalue weighted by atomic mass is 10.1. The molecule has 6 nitrogen and oxygen atoms in total. The van der Waals surface area contributed by atoms with Crippen LogP contribution in [0.25, 0.3) is 0 Å². The largest absolute Gasteiger partial charge is 0.492 e. The summed E-state index contributed by atoms with van der Waals surface area (Å²) in [5.74, 6) is 6.25. The molecule has 0 fully saturated rings. The third-order valence-corrected chi connectivity index (χ3v) is 2.74. The van der Waals surface area contributed by atoms with E-state index in [0.29, 0.717) is 12.4 Å². The number of nitrogens with two attached hydrogens (primary N) is 1. The van der Waals surface area contributed by atoms with Crippen LogP contribution in [0.3, 0.4) is 0 Å². The molecule has 0 aliphatic heterocycles. The Bertz CT molecular complexity index is 461. The van der Waals surface area contributed by atoms with E-state index >= 15 is 0 Å². The van der Waals surface area contributed by atoms with Gasteiger partial charge in [-0.25, -0.2) is 5.43 Å². The van der Waals surface area contributed by atoms with Gasteiger partial charge in [-0.3, -0.25) is 10.8 Å². The van der Waals surface area contributed by atoms with Crippen LogP contribution in [0, 0.1) is 0 Å². The van der Waals surface area contributed by atoms with Gasteiger partial charge in [0.25, 0.3) is 0 Å². The van der Waals surface area contributed by atoms with E-state index in [4.69, 9.17) is 10.6 Å². The summed E-state index contributed by atoms with van der Waals surface area (Å²) in [6.07, 6.45) is 3.40. The molecular weight excluding hydrogens is 238 g/mol. The van der Waals surface area contributed by atoms with Crippen LogP contribution in [0.2, 0.25) is 0 Å². The first kappa shape index (κ1) is 11.9. The Morgan fingerprint density at radius 1 is 1.53 bits per heavy atom. The molecular formula is C10H13N5OS. The highest BCUT2D eigenvalue weighted by atomic mass is 32.1. The van der Waals surface area contributed by atoms with Gasteiger partial charge in [0.15, 0.2) is 0 Å². The number of ether oxygens (including phenoxy) is 1. The number of aromatic nitrogens is 3. The summed E-state index contributed by atoms with van der Waals surface area (Å²) in [4.78, 5) is 4.12. The summed E-state index contributed by atoms with van der Waals surface area (Å²) in [7, 11) is 0. The maximum atomic E-state index is 5.54. The molecule has 0 radical (unpaired) electrons. The van der Waals surface area contributed by atoms with Crippen LogP contribution in [0.4, 0.5) is 0 Å². The summed E-state index contributed by atoms with van der Waals surface area (Å²) >= 11 is 1.28. The third kappa shape index (κ3) is 2.76. The zero-order valence-corrected chi connectivity index (χ0v) is 10.1. The van der Waals surface area contributed by atoms with Gasteiger partial charge in [-0.05, 0) is 30.1 Å². The molecule has 0 saturated carbocycles. The van der Waals surface area contributed by atoms with E-state index in [1.807, 2.05) is 18.4 Å². The SMILES string of the molecule is CCOc1cncc(C(NN)c2csnn2)c1. The molecule has 2 aromatic rings. The first-order valence-corrected chi connectivity index (χ1v) is 5.99. The van der Waals surface area contributed by atoms with Crippen molar-refractivity contribution in [2.24, 2.45) is 5.84 Å². The van der Waals surface area contributed by atoms with Crippen LogP contribution >= 0.6 is 11.5 Å². The Morgan fingerprint density at radius 2 is 2.41 bits per heavy atom. The predicted molar refractivity (Wildman–Crippen MR) is 64.5 cm³/mol. The minimum Gasteiger partial charge on any atom is -0.492 e. The van der Waals surface area contributed by atoms with Gasteiger partial charge in [-0.1, -0.05) is 4.49 Å². The van der Waals surface area contributed by atoms with Gasteiger partial charge in [0.2, 0.25) is 0 Å². The number of hydrogen-bond donors (Lipinski definition) is 2. The highest BCUT2D eigenvalue weighted by Gasteiger charge is 2.16. The lowest BCUT2D eigenvalue weighted by Gasteiger charge is -2.13. The molecule has 1 unspecified atom stereocenters. The van der Waals surface area contributed by atoms with Gasteiger partial charge in [0, 0.05) is 11.6 Å². The monoisotopic (exact) mass is 251 g/mol. The minimum atomic E-state index is -0.221. The van der Waals surface area contributed by atoms with Gasteiger partial charge < -0.3 is 4.74 Å². The average molecular weight is 251 g/mol. The van der Waals surface area contributed by atoms with E-state index in [1.165, 1.54) is 11.5 Å². The van der Waals surface area contributed by atoms with Crippen LogP contribution in [0.5, 0.6) is 5.75 Å². The summed E-state index contributed by atoms with van der Waals surface area (Å²) in [5, 5.41) is 5.84. The van der Waals surface area contributed by atoms with Crippen molar-refractivity contribution in [1.82, 2.24) is 20.0 Å². The number of nitrogens with one attached hydrogen (secondary N) is 1. The molecule has 2 heterocycles. The van der Waals surface area contributed by atoms with E-state index in [-0.39, 0.29) is 6.04 Å². The number of pyridine rings is 1. The van der Waals surface area contributed by atoms with E-state index < -0.39 is 0 Å². The molecule has 17 heavy (non-hydrogen) atoms. The van der Waals surface area contributed by atoms with Crippen molar-refractivity contribution in [3.8, 4) is 5.75 Å². The van der Waals surface area contributed by atoms with Crippen molar-refractivity contribution in [2.45, 2.75) is 13.0 Å². The highest BCUT2D eigenvalue weighted by Crippen LogP contribution is 2.22. The Hall–Kier alpha value is -1.57. The van der Waals surface area contributed by atoms with Crippen molar-refractivity contribution in [2.75, 3.05) is 6.61 Å². The molecule has 1 atom stereocenters. The van der Waals surface area contributed by atoms with Crippen LogP contribution in [-0.4, -0.2) is 21.2 Å². The zero-order chi connectivity index (χ0) is 12.1. The number of nitrogens with zero attached hydrogens (tertiary/aromatic N) is 3. The number of rotatable bonds is 5. The molecule has 90 valence electrons. The van der Waals surface area contributed by atoms with E-state index in [0.717, 1.165) is 11.3 Å². The van der Waals surface area contributed by atoms with Gasteiger partial charge in [-0.2, -0.15) is 0 Å². The van der Waals surface area contributed by atoms with Gasteiger partial charge in [0.05, 0.1) is 24.5 Å². The van der Waals surface area contributed by atoms with Crippen LogP contribution in [0.15, 0.2) is 23.8 Å². The van der Waals surface area contributed by atoms with E-state index in [9.17, 15) is 0 Å². The average Bonchev–Trinajstić information content (AvgIpc) is 2.85. The first-order valence-electron chi connectivity index (χ1n) is 5.16. The highest BCUT2D eigenvalue weighted by molar-refractivity contribution is 7.03. The lowest BCUT2D eigenvalue weighted by molar-refractivity contribution is 0.338. The summed E-state index contributed by atoms with van der Waals surface area (Å²) in [5.41, 5.74) is 4.36. The van der Waals surface area contributed by atoms with Crippen molar-refractivity contribution >= 4 is 11.5 Å². The Morgan fingerprint density at radius 3 is 3.06 bits per heavy atom. The molecule has 0 aromatic carbocycles. The summed E-state index contributed by atoms with van der Waals surface area (Å²) in [6, 6.07) is 1.67. The predicted octanol–water partition coefficient (Wildman–Crippen LogP) is 0.885. The van der Waals surface area contributed by atoms with Crippen molar-refractivity contribution in [1.29, 1.82) is 0 Å². The fourth-order valence-electron chi connectivity index (χ4n) is 1.49. The Balaban J connectivity index is 2.28. The fourth-order valence-corrected chi connectivity index (χ4v) is 1.97. The maximum Gasteiger partial charge on any atom is 0.137 e. The molecule has 0 saturated heterocycles. The quantitative estimate of drug-likeness (QED) is 0.606. The fraction of sp³-hybridized carbons (Fsp3) is 0.300. The Labute approximate surface area is 103 Å². The number of hydrazine groups is 1. The lowest BCUT2D eigenvalue weighted by Crippen LogP contribution is -2.29. The standard InChI is InChI=1S/C10H13N5OS/c1-2-16-8-3-7(4-12-5-8)10(13-11)9-6-17-15-14-9/h3-6,10,13H,2,11H2,1H3. The molecule has 3 N–H and O–H groups in total. The van der Waals surface area contributed by atoms with E-state index in [2.05, 4.69) is 20.0 Å². The first-order chi connectivity index (χ1) is 8.35. The van der Waals surface area contributed by atoms with Crippen LogP contribution in [0.1, 0.15) is 24.2 Å². The second-order valence-corrected chi connectivity index (χ2v) is 3.93. The van der Waals surface area contributed by atoms with Crippen LogP contribution < -0.4 is 16.0 Å².